The molecule has 2 fully saturated rings. The molecule has 2 amide bonds. The van der Waals surface area contributed by atoms with Crippen LogP contribution in [0, 0.1) is 6.92 Å². The number of benzene rings is 1. The third-order valence-electron chi connectivity index (χ3n) is 5.33. The zero-order chi connectivity index (χ0) is 17.9. The van der Waals surface area contributed by atoms with E-state index in [4.69, 9.17) is 0 Å². The summed E-state index contributed by atoms with van der Waals surface area (Å²) < 4.78 is 0. The highest BCUT2D eigenvalue weighted by molar-refractivity contribution is 8.00. The average molecular weight is 361 g/mol. The molecule has 136 valence electrons. The molecule has 1 spiro atoms. The van der Waals surface area contributed by atoms with E-state index in [-0.39, 0.29) is 16.7 Å². The van der Waals surface area contributed by atoms with E-state index in [1.54, 1.807) is 0 Å². The monoisotopic (exact) mass is 360 g/mol. The third-order valence-corrected chi connectivity index (χ3v) is 6.88. The minimum Gasteiger partial charge on any atom is -0.342 e. The largest absolute Gasteiger partial charge is 0.342 e. The number of amides is 2. The summed E-state index contributed by atoms with van der Waals surface area (Å²) in [6.45, 7) is 6.48. The van der Waals surface area contributed by atoms with E-state index in [1.165, 1.54) is 0 Å². The van der Waals surface area contributed by atoms with Crippen molar-refractivity contribution in [2.24, 2.45) is 0 Å². The van der Waals surface area contributed by atoms with Crippen molar-refractivity contribution < 1.29 is 9.59 Å². The second-order valence-electron chi connectivity index (χ2n) is 7.11. The van der Waals surface area contributed by atoms with Gasteiger partial charge in [0.25, 0.3) is 5.91 Å². The lowest BCUT2D eigenvalue weighted by atomic mass is 10.00. The van der Waals surface area contributed by atoms with Crippen LogP contribution in [0.4, 0.5) is 0 Å². The molecular weight excluding hydrogens is 332 g/mol. The maximum absolute atomic E-state index is 13.1. The van der Waals surface area contributed by atoms with Crippen LogP contribution in [0.5, 0.6) is 0 Å². The van der Waals surface area contributed by atoms with Gasteiger partial charge in [0, 0.05) is 37.4 Å². The molecule has 0 N–H and O–H groups in total. The summed E-state index contributed by atoms with van der Waals surface area (Å²) in [5, 5.41) is 0. The van der Waals surface area contributed by atoms with Crippen LogP contribution < -0.4 is 0 Å². The smallest absolute Gasteiger partial charge is 0.255 e. The van der Waals surface area contributed by atoms with Crippen molar-refractivity contribution in [1.82, 2.24) is 9.80 Å². The first-order valence-electron chi connectivity index (χ1n) is 9.36. The molecule has 4 nitrogen and oxygen atoms in total. The van der Waals surface area contributed by atoms with Crippen LogP contribution in [-0.4, -0.2) is 51.9 Å². The number of hydrogen-bond donors (Lipinski definition) is 0. The summed E-state index contributed by atoms with van der Waals surface area (Å²) >= 11 is 1.90. The molecule has 5 heteroatoms. The zero-order valence-corrected chi connectivity index (χ0v) is 16.1. The number of carbonyl (C=O) groups excluding carboxylic acids is 2. The van der Waals surface area contributed by atoms with Gasteiger partial charge in [-0.3, -0.25) is 9.59 Å². The standard InChI is InChI=1S/C20H28N2O2S/c1-3-4-8-18(23)21-11-9-20(10-12-21)22(13-14-25-20)19(24)17-7-5-6-16(2)15-17/h5-7,15H,3-4,8-14H2,1-2H3. The van der Waals surface area contributed by atoms with Gasteiger partial charge in [0.05, 0.1) is 4.87 Å². The molecule has 2 aliphatic heterocycles. The SMILES string of the molecule is CCCCC(=O)N1CCC2(CC1)SCCN2C(=O)c1cccc(C)c1. The molecule has 3 rings (SSSR count). The lowest BCUT2D eigenvalue weighted by Crippen LogP contribution is -2.53. The summed E-state index contributed by atoms with van der Waals surface area (Å²) in [6, 6.07) is 7.86. The van der Waals surface area contributed by atoms with E-state index in [0.717, 1.165) is 62.2 Å². The van der Waals surface area contributed by atoms with E-state index < -0.39 is 0 Å². The third kappa shape index (κ3) is 3.86. The Balaban J connectivity index is 1.68. The Morgan fingerprint density at radius 3 is 2.64 bits per heavy atom. The Hall–Kier alpha value is -1.49. The van der Waals surface area contributed by atoms with Crippen molar-refractivity contribution in [3.8, 4) is 0 Å². The van der Waals surface area contributed by atoms with Crippen molar-refractivity contribution in [3.63, 3.8) is 0 Å². The van der Waals surface area contributed by atoms with E-state index >= 15 is 0 Å². The molecule has 0 radical (unpaired) electrons. The predicted molar refractivity (Wildman–Crippen MR) is 103 cm³/mol. The second-order valence-corrected chi connectivity index (χ2v) is 8.56. The Labute approximate surface area is 154 Å². The molecule has 0 bridgehead atoms. The number of hydrogen-bond acceptors (Lipinski definition) is 3. The Kier molecular flexibility index (Phi) is 5.72. The molecule has 0 atom stereocenters. The molecule has 0 saturated carbocycles. The number of likely N-dealkylation sites (tertiary alicyclic amines) is 1. The van der Waals surface area contributed by atoms with E-state index in [0.29, 0.717) is 6.42 Å². The Morgan fingerprint density at radius 1 is 1.20 bits per heavy atom. The van der Waals surface area contributed by atoms with Gasteiger partial charge in [-0.15, -0.1) is 11.8 Å². The van der Waals surface area contributed by atoms with Crippen LogP contribution >= 0.6 is 11.8 Å². The molecule has 2 aliphatic rings. The highest BCUT2D eigenvalue weighted by Crippen LogP contribution is 2.44. The number of carbonyl (C=O) groups is 2. The molecule has 1 aromatic rings. The van der Waals surface area contributed by atoms with Crippen molar-refractivity contribution in [3.05, 3.63) is 35.4 Å². The van der Waals surface area contributed by atoms with Gasteiger partial charge in [-0.05, 0) is 38.3 Å². The van der Waals surface area contributed by atoms with E-state index in [1.807, 2.05) is 47.9 Å². The summed E-state index contributed by atoms with van der Waals surface area (Å²) in [4.78, 5) is 29.3. The topological polar surface area (TPSA) is 40.6 Å². The van der Waals surface area contributed by atoms with Gasteiger partial charge in [0.1, 0.15) is 0 Å². The number of aryl methyl sites for hydroxylation is 1. The molecule has 2 saturated heterocycles. The van der Waals surface area contributed by atoms with E-state index in [9.17, 15) is 9.59 Å². The zero-order valence-electron chi connectivity index (χ0n) is 15.3. The Bertz CT molecular complexity index is 638. The van der Waals surface area contributed by atoms with Gasteiger partial charge in [0.15, 0.2) is 0 Å². The van der Waals surface area contributed by atoms with Crippen LogP contribution in [0.3, 0.4) is 0 Å². The normalized spacial score (nSPS) is 19.4. The van der Waals surface area contributed by atoms with Gasteiger partial charge in [0.2, 0.25) is 5.91 Å². The summed E-state index contributed by atoms with van der Waals surface area (Å²) in [5.74, 6) is 1.40. The lowest BCUT2D eigenvalue weighted by Gasteiger charge is -2.44. The highest BCUT2D eigenvalue weighted by Gasteiger charge is 2.46. The lowest BCUT2D eigenvalue weighted by molar-refractivity contribution is -0.132. The number of piperidine rings is 1. The van der Waals surface area contributed by atoms with Gasteiger partial charge < -0.3 is 9.80 Å². The van der Waals surface area contributed by atoms with Crippen LogP contribution in [-0.2, 0) is 4.79 Å². The summed E-state index contributed by atoms with van der Waals surface area (Å²) in [6.07, 6.45) is 4.44. The Morgan fingerprint density at radius 2 is 1.96 bits per heavy atom. The molecule has 2 heterocycles. The maximum Gasteiger partial charge on any atom is 0.255 e. The van der Waals surface area contributed by atoms with Crippen LogP contribution in [0.2, 0.25) is 0 Å². The number of thioether (sulfide) groups is 1. The predicted octanol–water partition coefficient (Wildman–Crippen LogP) is 3.69. The van der Waals surface area contributed by atoms with Gasteiger partial charge >= 0.3 is 0 Å². The first-order valence-corrected chi connectivity index (χ1v) is 10.3. The van der Waals surface area contributed by atoms with Crippen molar-refractivity contribution >= 4 is 23.6 Å². The maximum atomic E-state index is 13.1. The van der Waals surface area contributed by atoms with Crippen molar-refractivity contribution in [1.29, 1.82) is 0 Å². The molecule has 0 aromatic heterocycles. The van der Waals surface area contributed by atoms with Crippen LogP contribution in [0.15, 0.2) is 24.3 Å². The number of unbranched alkanes of at least 4 members (excludes halogenated alkanes) is 1. The summed E-state index contributed by atoms with van der Waals surface area (Å²) in [5.41, 5.74) is 1.89. The summed E-state index contributed by atoms with van der Waals surface area (Å²) in [7, 11) is 0. The molecule has 25 heavy (non-hydrogen) atoms. The minimum atomic E-state index is -0.123. The molecular formula is C20H28N2O2S. The molecule has 0 unspecified atom stereocenters. The quantitative estimate of drug-likeness (QED) is 0.822. The highest BCUT2D eigenvalue weighted by atomic mass is 32.2. The molecule has 0 aliphatic carbocycles. The van der Waals surface area contributed by atoms with E-state index in [2.05, 4.69) is 11.8 Å². The van der Waals surface area contributed by atoms with Crippen molar-refractivity contribution in [2.75, 3.05) is 25.4 Å². The van der Waals surface area contributed by atoms with Gasteiger partial charge in [-0.1, -0.05) is 31.0 Å². The molecule has 1 aromatic carbocycles. The van der Waals surface area contributed by atoms with Gasteiger partial charge in [-0.2, -0.15) is 0 Å². The van der Waals surface area contributed by atoms with Crippen LogP contribution in [0.25, 0.3) is 0 Å². The first-order chi connectivity index (χ1) is 12.1. The minimum absolute atomic E-state index is 0.123. The first kappa shape index (κ1) is 18.3. The van der Waals surface area contributed by atoms with Crippen molar-refractivity contribution in [2.45, 2.75) is 50.8 Å². The fraction of sp³-hybridized carbons (Fsp3) is 0.600. The fourth-order valence-corrected chi connectivity index (χ4v) is 5.29. The fourth-order valence-electron chi connectivity index (χ4n) is 3.84. The van der Waals surface area contributed by atoms with Gasteiger partial charge in [-0.25, -0.2) is 0 Å². The second kappa shape index (κ2) is 7.81. The number of rotatable bonds is 4. The van der Waals surface area contributed by atoms with Crippen LogP contribution in [0.1, 0.15) is 54.9 Å². The number of nitrogens with zero attached hydrogens (tertiary/aromatic N) is 2. The average Bonchev–Trinajstić information content (AvgIpc) is 3.02.